The van der Waals surface area contributed by atoms with Gasteiger partial charge in [-0.15, -0.1) is 0 Å². The third-order valence-corrected chi connectivity index (χ3v) is 5.60. The summed E-state index contributed by atoms with van der Waals surface area (Å²) in [5.41, 5.74) is 2.80. The van der Waals surface area contributed by atoms with Crippen LogP contribution in [-0.4, -0.2) is 55.4 Å². The summed E-state index contributed by atoms with van der Waals surface area (Å²) in [6, 6.07) is 15.4. The molecule has 1 aliphatic rings. The zero-order valence-corrected chi connectivity index (χ0v) is 17.0. The van der Waals surface area contributed by atoms with Crippen molar-refractivity contribution in [2.24, 2.45) is 5.92 Å². The van der Waals surface area contributed by atoms with Crippen LogP contribution in [0.2, 0.25) is 0 Å². The van der Waals surface area contributed by atoms with Crippen LogP contribution in [0.15, 0.2) is 48.5 Å². The summed E-state index contributed by atoms with van der Waals surface area (Å²) in [6.45, 7) is 5.55. The molecule has 0 N–H and O–H groups in total. The number of ether oxygens (including phenoxy) is 1. The molecule has 0 spiro atoms. The standard InChI is InChI=1S/C23H28N2O3/c1-5-24(3)23(27)21-15-25(22(26)17-11-9-16(2)10-12-17)14-20(21)18-7-6-8-19(13-18)28-4/h6-13,20-21H,5,14-15H2,1-4H3. The predicted octanol–water partition coefficient (Wildman–Crippen LogP) is 3.34. The van der Waals surface area contributed by atoms with Crippen LogP contribution in [0.4, 0.5) is 0 Å². The minimum absolute atomic E-state index is 0.0256. The van der Waals surface area contributed by atoms with E-state index in [9.17, 15) is 9.59 Å². The van der Waals surface area contributed by atoms with Crippen molar-refractivity contribution in [2.75, 3.05) is 33.8 Å². The Kier molecular flexibility index (Phi) is 6.02. The van der Waals surface area contributed by atoms with Crippen LogP contribution in [0.5, 0.6) is 5.75 Å². The first-order chi connectivity index (χ1) is 13.4. The first-order valence-corrected chi connectivity index (χ1v) is 9.69. The van der Waals surface area contributed by atoms with Crippen molar-refractivity contribution >= 4 is 11.8 Å². The molecule has 2 unspecified atom stereocenters. The fraction of sp³-hybridized carbons (Fsp3) is 0.391. The van der Waals surface area contributed by atoms with E-state index in [1.54, 1.807) is 16.9 Å². The van der Waals surface area contributed by atoms with Gasteiger partial charge in [-0.3, -0.25) is 9.59 Å². The zero-order chi connectivity index (χ0) is 20.3. The van der Waals surface area contributed by atoms with Gasteiger partial charge in [-0.05, 0) is 43.7 Å². The largest absolute Gasteiger partial charge is 0.497 e. The second-order valence-electron chi connectivity index (χ2n) is 7.42. The molecular formula is C23H28N2O3. The van der Waals surface area contributed by atoms with E-state index in [0.717, 1.165) is 16.9 Å². The van der Waals surface area contributed by atoms with E-state index < -0.39 is 0 Å². The lowest BCUT2D eigenvalue weighted by Crippen LogP contribution is -2.36. The summed E-state index contributed by atoms with van der Waals surface area (Å²) in [5.74, 6) is 0.505. The Morgan fingerprint density at radius 1 is 1.14 bits per heavy atom. The molecule has 0 aliphatic carbocycles. The third kappa shape index (κ3) is 4.03. The van der Waals surface area contributed by atoms with Gasteiger partial charge in [-0.2, -0.15) is 0 Å². The van der Waals surface area contributed by atoms with Gasteiger partial charge in [0, 0.05) is 38.2 Å². The van der Waals surface area contributed by atoms with E-state index in [4.69, 9.17) is 4.74 Å². The number of carbonyl (C=O) groups excluding carboxylic acids is 2. The van der Waals surface area contributed by atoms with Crippen molar-refractivity contribution in [3.63, 3.8) is 0 Å². The summed E-state index contributed by atoms with van der Waals surface area (Å²) in [5, 5.41) is 0. The smallest absolute Gasteiger partial charge is 0.253 e. The Morgan fingerprint density at radius 2 is 1.86 bits per heavy atom. The predicted molar refractivity (Wildman–Crippen MR) is 110 cm³/mol. The molecule has 5 nitrogen and oxygen atoms in total. The third-order valence-electron chi connectivity index (χ3n) is 5.60. The summed E-state index contributed by atoms with van der Waals surface area (Å²) in [4.78, 5) is 29.6. The molecule has 1 fully saturated rings. The Hall–Kier alpha value is -2.82. The molecule has 3 rings (SSSR count). The van der Waals surface area contributed by atoms with E-state index in [-0.39, 0.29) is 23.7 Å². The molecule has 2 aromatic rings. The summed E-state index contributed by atoms with van der Waals surface area (Å²) < 4.78 is 5.36. The Bertz CT molecular complexity index is 847. The average molecular weight is 380 g/mol. The summed E-state index contributed by atoms with van der Waals surface area (Å²) in [6.07, 6.45) is 0. The monoisotopic (exact) mass is 380 g/mol. The van der Waals surface area contributed by atoms with Crippen LogP contribution >= 0.6 is 0 Å². The molecule has 0 bridgehead atoms. The molecule has 1 aliphatic heterocycles. The summed E-state index contributed by atoms with van der Waals surface area (Å²) >= 11 is 0. The number of hydrogen-bond acceptors (Lipinski definition) is 3. The van der Waals surface area contributed by atoms with E-state index in [1.165, 1.54) is 0 Å². The van der Waals surface area contributed by atoms with Gasteiger partial charge in [0.2, 0.25) is 5.91 Å². The van der Waals surface area contributed by atoms with Crippen molar-refractivity contribution in [3.8, 4) is 5.75 Å². The van der Waals surface area contributed by atoms with Gasteiger partial charge in [-0.1, -0.05) is 29.8 Å². The lowest BCUT2D eigenvalue weighted by Gasteiger charge is -2.23. The quantitative estimate of drug-likeness (QED) is 0.799. The number of aryl methyl sites for hydroxylation is 1. The van der Waals surface area contributed by atoms with Gasteiger partial charge in [-0.25, -0.2) is 0 Å². The first-order valence-electron chi connectivity index (χ1n) is 9.69. The van der Waals surface area contributed by atoms with E-state index in [0.29, 0.717) is 25.2 Å². The molecule has 1 saturated heterocycles. The number of methoxy groups -OCH3 is 1. The van der Waals surface area contributed by atoms with Crippen LogP contribution in [0.25, 0.3) is 0 Å². The molecule has 0 aromatic heterocycles. The Morgan fingerprint density at radius 3 is 2.50 bits per heavy atom. The van der Waals surface area contributed by atoms with E-state index in [1.807, 2.05) is 69.4 Å². The first kappa shape index (κ1) is 19.9. The normalized spacial score (nSPS) is 18.8. The number of amides is 2. The number of benzene rings is 2. The van der Waals surface area contributed by atoms with Crippen molar-refractivity contribution < 1.29 is 14.3 Å². The average Bonchev–Trinajstić information content (AvgIpc) is 3.18. The number of rotatable bonds is 5. The van der Waals surface area contributed by atoms with Crippen molar-refractivity contribution in [3.05, 3.63) is 65.2 Å². The minimum atomic E-state index is -0.258. The molecule has 1 heterocycles. The highest BCUT2D eigenvalue weighted by Crippen LogP contribution is 2.36. The van der Waals surface area contributed by atoms with Crippen molar-refractivity contribution in [1.29, 1.82) is 0 Å². The van der Waals surface area contributed by atoms with Crippen molar-refractivity contribution in [2.45, 2.75) is 19.8 Å². The van der Waals surface area contributed by atoms with E-state index >= 15 is 0 Å². The maximum absolute atomic E-state index is 13.0. The maximum Gasteiger partial charge on any atom is 0.253 e. The number of likely N-dealkylation sites (tertiary alicyclic amines) is 1. The van der Waals surface area contributed by atoms with Crippen molar-refractivity contribution in [1.82, 2.24) is 9.80 Å². The van der Waals surface area contributed by atoms with Crippen LogP contribution in [0, 0.1) is 12.8 Å². The molecule has 0 saturated carbocycles. The Labute approximate surface area is 166 Å². The molecule has 5 heteroatoms. The van der Waals surface area contributed by atoms with Crippen LogP contribution in [-0.2, 0) is 4.79 Å². The van der Waals surface area contributed by atoms with Gasteiger partial charge in [0.1, 0.15) is 5.75 Å². The zero-order valence-electron chi connectivity index (χ0n) is 17.0. The molecule has 0 radical (unpaired) electrons. The topological polar surface area (TPSA) is 49.9 Å². The van der Waals surface area contributed by atoms with Crippen LogP contribution in [0.1, 0.15) is 34.3 Å². The second kappa shape index (κ2) is 8.46. The number of hydrogen-bond donors (Lipinski definition) is 0. The molecule has 148 valence electrons. The lowest BCUT2D eigenvalue weighted by atomic mass is 9.88. The number of carbonyl (C=O) groups is 2. The Balaban J connectivity index is 1.90. The van der Waals surface area contributed by atoms with Crippen LogP contribution < -0.4 is 4.74 Å². The highest BCUT2D eigenvalue weighted by atomic mass is 16.5. The molecule has 2 aromatic carbocycles. The van der Waals surface area contributed by atoms with Crippen LogP contribution in [0.3, 0.4) is 0 Å². The number of nitrogens with zero attached hydrogens (tertiary/aromatic N) is 2. The summed E-state index contributed by atoms with van der Waals surface area (Å²) in [7, 11) is 3.45. The minimum Gasteiger partial charge on any atom is -0.497 e. The molecule has 2 amide bonds. The second-order valence-corrected chi connectivity index (χ2v) is 7.42. The fourth-order valence-electron chi connectivity index (χ4n) is 3.75. The van der Waals surface area contributed by atoms with Gasteiger partial charge < -0.3 is 14.5 Å². The maximum atomic E-state index is 13.0. The van der Waals surface area contributed by atoms with E-state index in [2.05, 4.69) is 0 Å². The highest BCUT2D eigenvalue weighted by molar-refractivity contribution is 5.95. The molecular weight excluding hydrogens is 352 g/mol. The fourth-order valence-corrected chi connectivity index (χ4v) is 3.75. The van der Waals surface area contributed by atoms with Gasteiger partial charge in [0.25, 0.3) is 5.91 Å². The van der Waals surface area contributed by atoms with Gasteiger partial charge in [0.15, 0.2) is 0 Å². The molecule has 2 atom stereocenters. The SMILES string of the molecule is CCN(C)C(=O)C1CN(C(=O)c2ccc(C)cc2)CC1c1cccc(OC)c1. The lowest BCUT2D eigenvalue weighted by molar-refractivity contribution is -0.133. The molecule has 28 heavy (non-hydrogen) atoms. The van der Waals surface area contributed by atoms with Gasteiger partial charge >= 0.3 is 0 Å². The van der Waals surface area contributed by atoms with Gasteiger partial charge in [0.05, 0.1) is 13.0 Å². The highest BCUT2D eigenvalue weighted by Gasteiger charge is 2.41.